The summed E-state index contributed by atoms with van der Waals surface area (Å²) in [4.78, 5) is 38.0. The van der Waals surface area contributed by atoms with Gasteiger partial charge >= 0.3 is 0 Å². The Balaban J connectivity index is 1.72. The van der Waals surface area contributed by atoms with Crippen LogP contribution in [0.1, 0.15) is 16.7 Å². The summed E-state index contributed by atoms with van der Waals surface area (Å²) in [5.74, 6) is -1.13. The molecule has 144 valence electrons. The number of hydrogen-bond donors (Lipinski definition) is 2. The fraction of sp³-hybridized carbons (Fsp3) is 0.150. The molecule has 3 rings (SSSR count). The molecule has 2 N–H and O–H groups in total. The van der Waals surface area contributed by atoms with Gasteiger partial charge in [-0.25, -0.2) is 0 Å². The van der Waals surface area contributed by atoms with E-state index in [1.807, 2.05) is 26.0 Å². The van der Waals surface area contributed by atoms with Crippen LogP contribution in [-0.4, -0.2) is 33.6 Å². The van der Waals surface area contributed by atoms with Crippen LogP contribution in [-0.2, 0) is 9.59 Å². The number of carbonyl (C=O) groups excluding carboxylic acids is 3. The van der Waals surface area contributed by atoms with Crippen LogP contribution in [0.15, 0.2) is 41.3 Å². The van der Waals surface area contributed by atoms with Crippen molar-refractivity contribution in [3.63, 3.8) is 0 Å². The van der Waals surface area contributed by atoms with Gasteiger partial charge in [-0.2, -0.15) is 0 Å². The molecule has 0 bridgehead atoms. The highest BCUT2D eigenvalue weighted by Gasteiger charge is 2.36. The number of nitrogens with zero attached hydrogens (tertiary/aromatic N) is 1. The summed E-state index contributed by atoms with van der Waals surface area (Å²) < 4.78 is 0. The molecule has 0 atom stereocenters. The fourth-order valence-electron chi connectivity index (χ4n) is 2.58. The smallest absolute Gasteiger partial charge is 0.294 e. The van der Waals surface area contributed by atoms with Gasteiger partial charge in [0.25, 0.3) is 11.1 Å². The normalized spacial score (nSPS) is 15.4. The van der Waals surface area contributed by atoms with Gasteiger partial charge in [0.15, 0.2) is 0 Å². The second-order valence-electron chi connectivity index (χ2n) is 6.32. The van der Waals surface area contributed by atoms with Crippen LogP contribution in [0.4, 0.5) is 10.5 Å². The maximum absolute atomic E-state index is 12.5. The Hall–Kier alpha value is -2.77. The number of rotatable bonds is 4. The molecule has 8 heteroatoms. The summed E-state index contributed by atoms with van der Waals surface area (Å²) in [5.41, 5.74) is 3.03. The average Bonchev–Trinajstić information content (AvgIpc) is 2.89. The molecular weight excluding hydrogens is 400 g/mol. The van der Waals surface area contributed by atoms with Crippen molar-refractivity contribution in [1.29, 1.82) is 0 Å². The largest absolute Gasteiger partial charge is 0.507 e. The maximum atomic E-state index is 12.5. The Morgan fingerprint density at radius 2 is 1.93 bits per heavy atom. The van der Waals surface area contributed by atoms with Crippen molar-refractivity contribution in [2.45, 2.75) is 13.8 Å². The van der Waals surface area contributed by atoms with Gasteiger partial charge in [-0.05, 0) is 73.1 Å². The zero-order chi connectivity index (χ0) is 20.4. The van der Waals surface area contributed by atoms with Gasteiger partial charge in [0.1, 0.15) is 12.3 Å². The van der Waals surface area contributed by atoms with Crippen LogP contribution in [0, 0.1) is 13.8 Å². The van der Waals surface area contributed by atoms with Crippen molar-refractivity contribution in [2.75, 3.05) is 11.9 Å². The molecule has 0 saturated carbocycles. The van der Waals surface area contributed by atoms with Crippen LogP contribution in [0.2, 0.25) is 5.02 Å². The number of halogens is 1. The Labute approximate surface area is 171 Å². The number of amides is 3. The molecule has 0 spiro atoms. The number of carbonyl (C=O) groups is 3. The second kappa shape index (κ2) is 8.08. The summed E-state index contributed by atoms with van der Waals surface area (Å²) in [7, 11) is 0. The quantitative estimate of drug-likeness (QED) is 0.724. The lowest BCUT2D eigenvalue weighted by Crippen LogP contribution is -2.36. The van der Waals surface area contributed by atoms with Crippen molar-refractivity contribution in [3.05, 3.63) is 63.0 Å². The predicted octanol–water partition coefficient (Wildman–Crippen LogP) is 4.34. The molecule has 2 aromatic rings. The highest BCUT2D eigenvalue weighted by Crippen LogP contribution is 2.34. The molecule has 1 heterocycles. The van der Waals surface area contributed by atoms with Gasteiger partial charge in [0, 0.05) is 16.3 Å². The number of imide groups is 1. The highest BCUT2D eigenvalue weighted by atomic mass is 35.5. The number of benzene rings is 2. The summed E-state index contributed by atoms with van der Waals surface area (Å²) in [6, 6.07) is 9.85. The van der Waals surface area contributed by atoms with E-state index in [1.54, 1.807) is 6.07 Å². The number of aryl methyl sites for hydroxylation is 2. The van der Waals surface area contributed by atoms with E-state index in [0.29, 0.717) is 28.0 Å². The van der Waals surface area contributed by atoms with E-state index in [0.717, 1.165) is 16.0 Å². The van der Waals surface area contributed by atoms with Crippen molar-refractivity contribution in [2.24, 2.45) is 0 Å². The van der Waals surface area contributed by atoms with Crippen LogP contribution in [0.5, 0.6) is 5.75 Å². The van der Waals surface area contributed by atoms with Crippen LogP contribution >= 0.6 is 23.4 Å². The van der Waals surface area contributed by atoms with Gasteiger partial charge in [0.2, 0.25) is 5.91 Å². The van der Waals surface area contributed by atoms with Crippen LogP contribution in [0.25, 0.3) is 6.08 Å². The molecular formula is C20H17ClN2O4S. The minimum absolute atomic E-state index is 0.0660. The molecule has 0 unspecified atom stereocenters. The number of aromatic hydroxyl groups is 1. The molecule has 28 heavy (non-hydrogen) atoms. The Morgan fingerprint density at radius 1 is 1.18 bits per heavy atom. The van der Waals surface area contributed by atoms with E-state index in [-0.39, 0.29) is 10.7 Å². The number of anilines is 1. The zero-order valence-electron chi connectivity index (χ0n) is 15.2. The molecule has 1 fully saturated rings. The average molecular weight is 417 g/mol. The topological polar surface area (TPSA) is 86.7 Å². The minimum Gasteiger partial charge on any atom is -0.507 e. The van der Waals surface area contributed by atoms with Crippen LogP contribution in [0.3, 0.4) is 0 Å². The SMILES string of the molecule is Cc1ccc(NC(=O)CN2C(=O)S/C(=C\c3cc(Cl)ccc3O)C2=O)cc1C. The molecule has 6 nitrogen and oxygen atoms in total. The van der Waals surface area contributed by atoms with Crippen molar-refractivity contribution in [3.8, 4) is 5.75 Å². The first-order valence-electron chi connectivity index (χ1n) is 8.35. The first kappa shape index (κ1) is 20.0. The molecule has 0 radical (unpaired) electrons. The zero-order valence-corrected chi connectivity index (χ0v) is 16.7. The third kappa shape index (κ3) is 4.37. The Morgan fingerprint density at radius 3 is 2.64 bits per heavy atom. The van der Waals surface area contributed by atoms with Gasteiger partial charge in [-0.1, -0.05) is 17.7 Å². The van der Waals surface area contributed by atoms with Gasteiger partial charge < -0.3 is 10.4 Å². The van der Waals surface area contributed by atoms with Crippen LogP contribution < -0.4 is 5.32 Å². The van der Waals surface area contributed by atoms with Gasteiger partial charge in [0.05, 0.1) is 4.91 Å². The standard InChI is InChI=1S/C20H17ClN2O4S/c1-11-3-5-15(7-12(11)2)22-18(25)10-23-19(26)17(28-20(23)27)9-13-8-14(21)4-6-16(13)24/h3-9,24H,10H2,1-2H3,(H,22,25)/b17-9-. The fourth-order valence-corrected chi connectivity index (χ4v) is 3.59. The number of hydrogen-bond acceptors (Lipinski definition) is 5. The summed E-state index contributed by atoms with van der Waals surface area (Å²) in [6.07, 6.45) is 1.38. The molecule has 0 aromatic heterocycles. The van der Waals surface area contributed by atoms with Gasteiger partial charge in [-0.15, -0.1) is 0 Å². The number of thioether (sulfide) groups is 1. The first-order chi connectivity index (χ1) is 13.2. The monoisotopic (exact) mass is 416 g/mol. The van der Waals surface area contributed by atoms with E-state index >= 15 is 0 Å². The molecule has 1 aliphatic rings. The molecule has 1 aliphatic heterocycles. The van der Waals surface area contributed by atoms with E-state index in [9.17, 15) is 19.5 Å². The number of phenols is 1. The van der Waals surface area contributed by atoms with Crippen molar-refractivity contribution in [1.82, 2.24) is 4.90 Å². The summed E-state index contributed by atoms with van der Waals surface area (Å²) >= 11 is 6.61. The van der Waals surface area contributed by atoms with Gasteiger partial charge in [-0.3, -0.25) is 19.3 Å². The summed E-state index contributed by atoms with van der Waals surface area (Å²) in [5, 5.41) is 12.4. The van der Waals surface area contributed by atoms with E-state index < -0.39 is 23.6 Å². The highest BCUT2D eigenvalue weighted by molar-refractivity contribution is 8.18. The predicted molar refractivity (Wildman–Crippen MR) is 110 cm³/mol. The lowest BCUT2D eigenvalue weighted by molar-refractivity contribution is -0.127. The lowest BCUT2D eigenvalue weighted by Gasteiger charge is -2.13. The van der Waals surface area contributed by atoms with Crippen molar-refractivity contribution >= 4 is 52.2 Å². The third-order valence-electron chi connectivity index (χ3n) is 4.24. The lowest BCUT2D eigenvalue weighted by atomic mass is 10.1. The van der Waals surface area contributed by atoms with E-state index in [1.165, 1.54) is 24.3 Å². The van der Waals surface area contributed by atoms with E-state index in [4.69, 9.17) is 11.6 Å². The molecule has 0 aliphatic carbocycles. The summed E-state index contributed by atoms with van der Waals surface area (Å²) in [6.45, 7) is 3.50. The van der Waals surface area contributed by atoms with Crippen molar-refractivity contribution < 1.29 is 19.5 Å². The number of nitrogens with one attached hydrogen (secondary N) is 1. The minimum atomic E-state index is -0.593. The second-order valence-corrected chi connectivity index (χ2v) is 7.75. The molecule has 3 amide bonds. The number of phenolic OH excluding ortho intramolecular Hbond substituents is 1. The molecule has 2 aromatic carbocycles. The van der Waals surface area contributed by atoms with E-state index in [2.05, 4.69) is 5.32 Å². The Bertz CT molecular complexity index is 1020. The molecule has 1 saturated heterocycles. The Kier molecular flexibility index (Phi) is 5.76. The maximum Gasteiger partial charge on any atom is 0.294 e. The first-order valence-corrected chi connectivity index (χ1v) is 9.55. The third-order valence-corrected chi connectivity index (χ3v) is 5.38.